The fourth-order valence-corrected chi connectivity index (χ4v) is 4.16. The first-order chi connectivity index (χ1) is 7.49. The summed E-state index contributed by atoms with van der Waals surface area (Å²) < 4.78 is 0.900. The molecule has 0 amide bonds. The number of hydrogen-bond donors (Lipinski definition) is 2. The van der Waals surface area contributed by atoms with Crippen molar-refractivity contribution in [3.63, 3.8) is 0 Å². The van der Waals surface area contributed by atoms with Crippen LogP contribution in [-0.4, -0.2) is 32.1 Å². The topological polar surface area (TPSA) is 89.1 Å². The lowest BCUT2D eigenvalue weighted by Gasteiger charge is -2.17. The Morgan fingerprint density at radius 2 is 2.44 bits per heavy atom. The zero-order valence-corrected chi connectivity index (χ0v) is 10.5. The van der Waals surface area contributed by atoms with E-state index in [4.69, 9.17) is 10.8 Å². The third-order valence-corrected chi connectivity index (χ3v) is 4.90. The summed E-state index contributed by atoms with van der Waals surface area (Å²) in [6.07, 6.45) is 1.87. The zero-order valence-electron chi connectivity index (χ0n) is 8.84. The quantitative estimate of drug-likeness (QED) is 0.849. The Hall–Kier alpha value is -0.660. The minimum absolute atomic E-state index is 0.244. The van der Waals surface area contributed by atoms with Crippen LogP contribution in [0.1, 0.15) is 24.3 Å². The van der Waals surface area contributed by atoms with Crippen LogP contribution in [0.15, 0.2) is 4.34 Å². The molecule has 0 bridgehead atoms. The molecular formula is C9H13N3O2S2. The van der Waals surface area contributed by atoms with Crippen LogP contribution in [0.5, 0.6) is 0 Å². The van der Waals surface area contributed by atoms with Gasteiger partial charge in [-0.3, -0.25) is 4.79 Å². The SMILES string of the molecule is Cc1nnc(SC2CCC(N)(C(=O)O)C2)s1. The maximum absolute atomic E-state index is 11.0. The van der Waals surface area contributed by atoms with E-state index in [2.05, 4.69) is 10.2 Å². The number of nitrogens with zero attached hydrogens (tertiary/aromatic N) is 2. The van der Waals surface area contributed by atoms with Crippen molar-refractivity contribution in [1.82, 2.24) is 10.2 Å². The van der Waals surface area contributed by atoms with Gasteiger partial charge in [0.1, 0.15) is 10.5 Å². The monoisotopic (exact) mass is 259 g/mol. The smallest absolute Gasteiger partial charge is 0.323 e. The maximum Gasteiger partial charge on any atom is 0.323 e. The van der Waals surface area contributed by atoms with Crippen molar-refractivity contribution in [3.05, 3.63) is 5.01 Å². The van der Waals surface area contributed by atoms with Gasteiger partial charge in [-0.05, 0) is 26.2 Å². The van der Waals surface area contributed by atoms with Crippen LogP contribution in [-0.2, 0) is 4.79 Å². The molecule has 7 heteroatoms. The Labute approximate surface area is 101 Å². The first kappa shape index (κ1) is 11.8. The Bertz CT molecular complexity index is 409. The summed E-state index contributed by atoms with van der Waals surface area (Å²) in [6, 6.07) is 0. The van der Waals surface area contributed by atoms with Crippen molar-refractivity contribution >= 4 is 29.1 Å². The van der Waals surface area contributed by atoms with Gasteiger partial charge >= 0.3 is 5.97 Å². The Morgan fingerprint density at radius 1 is 1.69 bits per heavy atom. The average molecular weight is 259 g/mol. The maximum atomic E-state index is 11.0. The number of carboxylic acids is 1. The van der Waals surface area contributed by atoms with Gasteiger partial charge in [-0.2, -0.15) is 0 Å². The van der Waals surface area contributed by atoms with Crippen LogP contribution in [0, 0.1) is 6.92 Å². The van der Waals surface area contributed by atoms with Gasteiger partial charge in [0.2, 0.25) is 0 Å². The number of carbonyl (C=O) groups is 1. The third kappa shape index (κ3) is 2.36. The molecular weight excluding hydrogens is 246 g/mol. The normalized spacial score (nSPS) is 29.5. The van der Waals surface area contributed by atoms with E-state index in [-0.39, 0.29) is 5.25 Å². The lowest BCUT2D eigenvalue weighted by molar-refractivity contribution is -0.143. The minimum atomic E-state index is -1.04. The first-order valence-corrected chi connectivity index (χ1v) is 6.68. The van der Waals surface area contributed by atoms with Crippen LogP contribution in [0.4, 0.5) is 0 Å². The summed E-state index contributed by atoms with van der Waals surface area (Å²) in [6.45, 7) is 1.90. The van der Waals surface area contributed by atoms with Gasteiger partial charge in [0.25, 0.3) is 0 Å². The summed E-state index contributed by atoms with van der Waals surface area (Å²) in [5.74, 6) is -0.899. The molecule has 0 aromatic carbocycles. The molecule has 1 fully saturated rings. The average Bonchev–Trinajstić information content (AvgIpc) is 2.75. The number of nitrogens with two attached hydrogens (primary N) is 1. The molecule has 2 rings (SSSR count). The number of aryl methyl sites for hydroxylation is 1. The third-order valence-electron chi connectivity index (χ3n) is 2.71. The van der Waals surface area contributed by atoms with Gasteiger partial charge < -0.3 is 10.8 Å². The van der Waals surface area contributed by atoms with E-state index in [0.29, 0.717) is 12.8 Å². The van der Waals surface area contributed by atoms with Crippen LogP contribution in [0.3, 0.4) is 0 Å². The van der Waals surface area contributed by atoms with Gasteiger partial charge in [-0.15, -0.1) is 10.2 Å². The van der Waals surface area contributed by atoms with Crippen LogP contribution in [0.2, 0.25) is 0 Å². The highest BCUT2D eigenvalue weighted by Gasteiger charge is 2.42. The summed E-state index contributed by atoms with van der Waals surface area (Å²) in [4.78, 5) is 11.0. The fraction of sp³-hybridized carbons (Fsp3) is 0.667. The summed E-state index contributed by atoms with van der Waals surface area (Å²) in [5.41, 5.74) is 4.76. The minimum Gasteiger partial charge on any atom is -0.480 e. The standard InChI is InChI=1S/C9H13N3O2S2/c1-5-11-12-8(15-5)16-6-2-3-9(10,4-6)7(13)14/h6H,2-4,10H2,1H3,(H,13,14). The lowest BCUT2D eigenvalue weighted by Crippen LogP contribution is -2.45. The number of rotatable bonds is 3. The van der Waals surface area contributed by atoms with Crippen LogP contribution < -0.4 is 5.73 Å². The van der Waals surface area contributed by atoms with Gasteiger partial charge in [-0.1, -0.05) is 23.1 Å². The van der Waals surface area contributed by atoms with E-state index < -0.39 is 11.5 Å². The van der Waals surface area contributed by atoms with Crippen molar-refractivity contribution in [3.8, 4) is 0 Å². The van der Waals surface area contributed by atoms with Gasteiger partial charge in [-0.25, -0.2) is 0 Å². The zero-order chi connectivity index (χ0) is 11.8. The molecule has 1 aliphatic rings. The second-order valence-electron chi connectivity index (χ2n) is 4.03. The second kappa shape index (κ2) is 4.31. The molecule has 1 saturated carbocycles. The molecule has 2 atom stereocenters. The lowest BCUT2D eigenvalue weighted by atomic mass is 10.0. The van der Waals surface area contributed by atoms with Gasteiger partial charge in [0, 0.05) is 5.25 Å². The second-order valence-corrected chi connectivity index (χ2v) is 6.76. The number of aromatic nitrogens is 2. The van der Waals surface area contributed by atoms with Gasteiger partial charge in [0.15, 0.2) is 4.34 Å². The molecule has 0 spiro atoms. The predicted octanol–water partition coefficient (Wildman–Crippen LogP) is 1.27. The number of hydrogen-bond acceptors (Lipinski definition) is 6. The largest absolute Gasteiger partial charge is 0.480 e. The molecule has 0 radical (unpaired) electrons. The number of thioether (sulfide) groups is 1. The first-order valence-electron chi connectivity index (χ1n) is 4.99. The van der Waals surface area contributed by atoms with E-state index in [9.17, 15) is 4.79 Å². The van der Waals surface area contributed by atoms with E-state index >= 15 is 0 Å². The molecule has 2 unspecified atom stereocenters. The molecule has 16 heavy (non-hydrogen) atoms. The molecule has 1 aromatic rings. The van der Waals surface area contributed by atoms with Gasteiger partial charge in [0.05, 0.1) is 0 Å². The Morgan fingerprint density at radius 3 is 2.94 bits per heavy atom. The van der Waals surface area contributed by atoms with Crippen molar-refractivity contribution < 1.29 is 9.90 Å². The Balaban J connectivity index is 1.97. The van der Waals surface area contributed by atoms with E-state index in [0.717, 1.165) is 15.8 Å². The van der Waals surface area contributed by atoms with Crippen LogP contribution >= 0.6 is 23.1 Å². The summed E-state index contributed by atoms with van der Waals surface area (Å²) in [5, 5.41) is 18.1. The fourth-order valence-electron chi connectivity index (χ4n) is 1.79. The van der Waals surface area contributed by atoms with Crippen molar-refractivity contribution in [1.29, 1.82) is 0 Å². The molecule has 1 aromatic heterocycles. The molecule has 0 aliphatic heterocycles. The van der Waals surface area contributed by atoms with Crippen molar-refractivity contribution in [2.75, 3.05) is 0 Å². The van der Waals surface area contributed by atoms with E-state index in [1.807, 2.05) is 6.92 Å². The highest BCUT2D eigenvalue weighted by Crippen LogP contribution is 2.39. The molecule has 0 saturated heterocycles. The van der Waals surface area contributed by atoms with Crippen molar-refractivity contribution in [2.45, 2.75) is 41.3 Å². The van der Waals surface area contributed by atoms with E-state index in [1.54, 1.807) is 11.8 Å². The highest BCUT2D eigenvalue weighted by atomic mass is 32.2. The van der Waals surface area contributed by atoms with E-state index in [1.165, 1.54) is 11.3 Å². The molecule has 1 aliphatic carbocycles. The molecule has 88 valence electrons. The predicted molar refractivity (Wildman–Crippen MR) is 62.7 cm³/mol. The highest BCUT2D eigenvalue weighted by molar-refractivity contribution is 8.01. The number of aliphatic carboxylic acids is 1. The Kier molecular flexibility index (Phi) is 3.18. The molecule has 3 N–H and O–H groups in total. The van der Waals surface area contributed by atoms with Crippen molar-refractivity contribution in [2.24, 2.45) is 5.73 Å². The summed E-state index contributed by atoms with van der Waals surface area (Å²) >= 11 is 3.13. The number of carboxylic acid groups (broad SMARTS) is 1. The summed E-state index contributed by atoms with van der Waals surface area (Å²) in [7, 11) is 0. The van der Waals surface area contributed by atoms with Crippen LogP contribution in [0.25, 0.3) is 0 Å². The molecule has 1 heterocycles. The molecule has 5 nitrogen and oxygen atoms in total.